The van der Waals surface area contributed by atoms with Crippen molar-refractivity contribution >= 4 is 18.0 Å². The first-order valence-electron chi connectivity index (χ1n) is 12.5. The number of amides is 2. The van der Waals surface area contributed by atoms with Crippen molar-refractivity contribution in [3.8, 4) is 11.1 Å². The largest absolute Gasteiger partial charge is 0.481 e. The van der Waals surface area contributed by atoms with Gasteiger partial charge in [0.25, 0.3) is 0 Å². The van der Waals surface area contributed by atoms with Crippen LogP contribution in [0.5, 0.6) is 0 Å². The van der Waals surface area contributed by atoms with Crippen LogP contribution >= 0.6 is 0 Å². The summed E-state index contributed by atoms with van der Waals surface area (Å²) in [7, 11) is 0. The summed E-state index contributed by atoms with van der Waals surface area (Å²) in [5.74, 6) is -1.06. The van der Waals surface area contributed by atoms with Gasteiger partial charge < -0.3 is 20.5 Å². The van der Waals surface area contributed by atoms with Crippen molar-refractivity contribution in [2.24, 2.45) is 5.41 Å². The summed E-state index contributed by atoms with van der Waals surface area (Å²) in [6, 6.07) is 15.8. The van der Waals surface area contributed by atoms with Crippen molar-refractivity contribution in [3.05, 3.63) is 59.7 Å². The second-order valence-corrected chi connectivity index (χ2v) is 9.85. The third kappa shape index (κ3) is 5.19. The fraction of sp³-hybridized carbons (Fsp3) is 0.464. The maximum atomic E-state index is 12.6. The number of carbonyl (C=O) groups excluding carboxylic acids is 2. The predicted octanol–water partition coefficient (Wildman–Crippen LogP) is 4.84. The topological polar surface area (TPSA) is 105 Å². The third-order valence-electron chi connectivity index (χ3n) is 7.66. The van der Waals surface area contributed by atoms with Gasteiger partial charge in [0.15, 0.2) is 0 Å². The molecular formula is C28H34N2O5. The maximum Gasteiger partial charge on any atom is 0.407 e. The molecule has 0 heterocycles. The zero-order chi connectivity index (χ0) is 25.0. The first-order valence-corrected chi connectivity index (χ1v) is 12.5. The molecule has 3 unspecified atom stereocenters. The predicted molar refractivity (Wildman–Crippen MR) is 133 cm³/mol. The molecular weight excluding hydrogens is 444 g/mol. The Balaban J connectivity index is 1.27. The minimum Gasteiger partial charge on any atom is -0.481 e. The van der Waals surface area contributed by atoms with E-state index in [9.17, 15) is 19.5 Å². The number of carbonyl (C=O) groups is 3. The molecule has 0 aliphatic heterocycles. The quantitative estimate of drug-likeness (QED) is 0.478. The number of carboxylic acid groups (broad SMARTS) is 1. The number of nitrogens with one attached hydrogen (secondary N) is 2. The van der Waals surface area contributed by atoms with Crippen molar-refractivity contribution < 1.29 is 24.2 Å². The summed E-state index contributed by atoms with van der Waals surface area (Å²) >= 11 is 0. The van der Waals surface area contributed by atoms with Crippen LogP contribution in [0.25, 0.3) is 11.1 Å². The third-order valence-corrected chi connectivity index (χ3v) is 7.66. The van der Waals surface area contributed by atoms with Crippen LogP contribution in [-0.2, 0) is 14.3 Å². The van der Waals surface area contributed by atoms with E-state index in [-0.39, 0.29) is 36.9 Å². The molecule has 2 aliphatic carbocycles. The van der Waals surface area contributed by atoms with E-state index < -0.39 is 17.5 Å². The van der Waals surface area contributed by atoms with Crippen LogP contribution in [0, 0.1) is 5.41 Å². The van der Waals surface area contributed by atoms with E-state index >= 15 is 0 Å². The Morgan fingerprint density at radius 1 is 1.09 bits per heavy atom. The molecule has 186 valence electrons. The van der Waals surface area contributed by atoms with Gasteiger partial charge >= 0.3 is 12.1 Å². The summed E-state index contributed by atoms with van der Waals surface area (Å²) in [6.07, 6.45) is 2.87. The number of hydrogen-bond donors (Lipinski definition) is 3. The van der Waals surface area contributed by atoms with Crippen molar-refractivity contribution in [1.82, 2.24) is 10.6 Å². The van der Waals surface area contributed by atoms with Gasteiger partial charge in [0.05, 0.1) is 5.41 Å². The van der Waals surface area contributed by atoms with Crippen LogP contribution in [0.15, 0.2) is 48.5 Å². The monoisotopic (exact) mass is 478 g/mol. The molecule has 2 aromatic rings. The van der Waals surface area contributed by atoms with Crippen LogP contribution in [0.2, 0.25) is 0 Å². The summed E-state index contributed by atoms with van der Waals surface area (Å²) in [5.41, 5.74) is 3.75. The lowest BCUT2D eigenvalue weighted by Crippen LogP contribution is -2.47. The van der Waals surface area contributed by atoms with Gasteiger partial charge in [-0.1, -0.05) is 61.9 Å². The van der Waals surface area contributed by atoms with Crippen molar-refractivity contribution in [2.75, 3.05) is 6.61 Å². The number of fused-ring (bicyclic) bond motifs is 3. The number of benzene rings is 2. The lowest BCUT2D eigenvalue weighted by atomic mass is 9.85. The average molecular weight is 479 g/mol. The summed E-state index contributed by atoms with van der Waals surface area (Å²) in [5, 5.41) is 15.3. The number of carboxylic acids is 1. The molecule has 2 aliphatic rings. The van der Waals surface area contributed by atoms with Gasteiger partial charge in [-0.2, -0.15) is 0 Å². The molecule has 1 saturated carbocycles. The van der Waals surface area contributed by atoms with Gasteiger partial charge in [0.1, 0.15) is 6.61 Å². The molecule has 0 bridgehead atoms. The van der Waals surface area contributed by atoms with E-state index in [0.717, 1.165) is 17.5 Å². The smallest absolute Gasteiger partial charge is 0.407 e. The van der Waals surface area contributed by atoms with Crippen LogP contribution in [-0.4, -0.2) is 41.8 Å². The van der Waals surface area contributed by atoms with Gasteiger partial charge in [0, 0.05) is 24.4 Å². The molecule has 0 spiro atoms. The van der Waals surface area contributed by atoms with Crippen molar-refractivity contribution in [2.45, 2.75) is 70.4 Å². The van der Waals surface area contributed by atoms with E-state index in [1.54, 1.807) is 6.92 Å². The number of alkyl carbamates (subject to hydrolysis) is 1. The van der Waals surface area contributed by atoms with Gasteiger partial charge in [-0.3, -0.25) is 9.59 Å². The van der Waals surface area contributed by atoms with E-state index in [0.29, 0.717) is 25.7 Å². The Morgan fingerprint density at radius 2 is 1.71 bits per heavy atom. The van der Waals surface area contributed by atoms with Gasteiger partial charge in [-0.25, -0.2) is 4.79 Å². The van der Waals surface area contributed by atoms with Crippen molar-refractivity contribution in [1.29, 1.82) is 0 Å². The molecule has 7 nitrogen and oxygen atoms in total. The van der Waals surface area contributed by atoms with E-state index in [2.05, 4.69) is 34.9 Å². The SMILES string of the molecule is CCC(CCC(=O)NC1CCCC1(C)C(=O)O)NC(=O)OCC1c2ccccc2-c2ccccc21. The van der Waals surface area contributed by atoms with Crippen LogP contribution in [0.1, 0.15) is 69.4 Å². The van der Waals surface area contributed by atoms with Gasteiger partial charge in [0.2, 0.25) is 5.91 Å². The summed E-state index contributed by atoms with van der Waals surface area (Å²) < 4.78 is 5.62. The highest BCUT2D eigenvalue weighted by molar-refractivity contribution is 5.80. The second kappa shape index (κ2) is 10.5. The van der Waals surface area contributed by atoms with E-state index in [1.165, 1.54) is 11.1 Å². The van der Waals surface area contributed by atoms with E-state index in [1.807, 2.05) is 31.2 Å². The highest BCUT2D eigenvalue weighted by Gasteiger charge is 2.45. The van der Waals surface area contributed by atoms with Crippen molar-refractivity contribution in [3.63, 3.8) is 0 Å². The molecule has 4 rings (SSSR count). The lowest BCUT2D eigenvalue weighted by molar-refractivity contribution is -0.149. The lowest BCUT2D eigenvalue weighted by Gasteiger charge is -2.28. The Morgan fingerprint density at radius 3 is 2.31 bits per heavy atom. The van der Waals surface area contributed by atoms with Gasteiger partial charge in [-0.15, -0.1) is 0 Å². The fourth-order valence-electron chi connectivity index (χ4n) is 5.41. The fourth-order valence-corrected chi connectivity index (χ4v) is 5.41. The molecule has 35 heavy (non-hydrogen) atoms. The molecule has 2 aromatic carbocycles. The Bertz CT molecular complexity index is 1050. The maximum absolute atomic E-state index is 12.6. The average Bonchev–Trinajstić information content (AvgIpc) is 3.39. The summed E-state index contributed by atoms with van der Waals surface area (Å²) in [6.45, 7) is 3.89. The normalized spacial score (nSPS) is 21.6. The first-order chi connectivity index (χ1) is 16.8. The Labute approximate surface area is 206 Å². The molecule has 2 amide bonds. The van der Waals surface area contributed by atoms with Crippen LogP contribution in [0.3, 0.4) is 0 Å². The highest BCUT2D eigenvalue weighted by Crippen LogP contribution is 2.44. The summed E-state index contributed by atoms with van der Waals surface area (Å²) in [4.78, 5) is 36.7. The van der Waals surface area contributed by atoms with Crippen LogP contribution < -0.4 is 10.6 Å². The first kappa shape index (κ1) is 24.8. The molecule has 0 saturated heterocycles. The molecule has 7 heteroatoms. The molecule has 3 atom stereocenters. The highest BCUT2D eigenvalue weighted by atomic mass is 16.5. The number of aliphatic carboxylic acids is 1. The Hall–Kier alpha value is -3.35. The Kier molecular flexibility index (Phi) is 7.43. The molecule has 3 N–H and O–H groups in total. The minimum absolute atomic E-state index is 0.00559. The van der Waals surface area contributed by atoms with Crippen LogP contribution in [0.4, 0.5) is 4.79 Å². The minimum atomic E-state index is -0.917. The number of hydrogen-bond acceptors (Lipinski definition) is 4. The number of ether oxygens (including phenoxy) is 1. The van der Waals surface area contributed by atoms with Gasteiger partial charge in [-0.05, 0) is 54.9 Å². The molecule has 0 aromatic heterocycles. The zero-order valence-electron chi connectivity index (χ0n) is 20.4. The molecule has 0 radical (unpaired) electrons. The standard InChI is InChI=1S/C28H34N2O5/c1-3-18(14-15-25(31)30-24-13-8-16-28(24,2)26(32)33)29-27(34)35-17-23-21-11-6-4-9-19(21)20-10-5-7-12-22(20)23/h4-7,9-12,18,23-24H,3,8,13-17H2,1-2H3,(H,29,34)(H,30,31)(H,32,33). The second-order valence-electron chi connectivity index (χ2n) is 9.85. The van der Waals surface area contributed by atoms with E-state index in [4.69, 9.17) is 4.74 Å². The number of rotatable bonds is 9. The molecule has 1 fully saturated rings. The zero-order valence-corrected chi connectivity index (χ0v) is 20.4.